The highest BCUT2D eigenvalue weighted by Crippen LogP contribution is 2.50. The molecule has 1 unspecified atom stereocenters. The molecule has 0 aromatic carbocycles. The van der Waals surface area contributed by atoms with Crippen LogP contribution in [-0.4, -0.2) is 11.8 Å². The van der Waals surface area contributed by atoms with E-state index in [9.17, 15) is 9.59 Å². The summed E-state index contributed by atoms with van der Waals surface area (Å²) in [7, 11) is 0. The molecule has 1 N–H and O–H groups in total. The number of amides is 2. The van der Waals surface area contributed by atoms with Crippen molar-refractivity contribution < 1.29 is 9.59 Å². The number of carbonyl (C=O) groups is 2. The van der Waals surface area contributed by atoms with Crippen molar-refractivity contribution in [2.75, 3.05) is 0 Å². The van der Waals surface area contributed by atoms with E-state index < -0.39 is 0 Å². The minimum absolute atomic E-state index is 0.0111. The molecule has 3 nitrogen and oxygen atoms in total. The van der Waals surface area contributed by atoms with Gasteiger partial charge in [0.05, 0.1) is 0 Å². The summed E-state index contributed by atoms with van der Waals surface area (Å²) in [6.45, 7) is 4.36. The molecule has 1 atom stereocenters. The molecule has 102 valence electrons. The third kappa shape index (κ3) is 2.45. The molecule has 2 fully saturated rings. The predicted molar refractivity (Wildman–Crippen MR) is 70.8 cm³/mol. The summed E-state index contributed by atoms with van der Waals surface area (Å²) in [6, 6.07) is 0. The van der Waals surface area contributed by atoms with Gasteiger partial charge in [-0.1, -0.05) is 26.7 Å². The topological polar surface area (TPSA) is 46.2 Å². The van der Waals surface area contributed by atoms with Gasteiger partial charge in [-0.2, -0.15) is 0 Å². The molecule has 1 aliphatic carbocycles. The third-order valence-corrected chi connectivity index (χ3v) is 5.09. The molecule has 0 aromatic heterocycles. The van der Waals surface area contributed by atoms with E-state index in [4.69, 9.17) is 0 Å². The van der Waals surface area contributed by atoms with E-state index in [1.807, 2.05) is 0 Å². The number of nitrogens with one attached hydrogen (secondary N) is 1. The molecule has 18 heavy (non-hydrogen) atoms. The lowest BCUT2D eigenvalue weighted by molar-refractivity contribution is -0.146. The Hall–Kier alpha value is -0.860. The first kappa shape index (κ1) is 13.6. The summed E-state index contributed by atoms with van der Waals surface area (Å²) in [5.41, 5.74) is -0.0128. The Balaban J connectivity index is 2.15. The zero-order valence-electron chi connectivity index (χ0n) is 11.6. The first-order chi connectivity index (χ1) is 8.61. The number of carbonyl (C=O) groups excluding carboxylic acids is 2. The molecule has 1 heterocycles. The minimum Gasteiger partial charge on any atom is -0.296 e. The normalized spacial score (nSPS) is 36.8. The Morgan fingerprint density at radius 1 is 1.22 bits per heavy atom. The van der Waals surface area contributed by atoms with Gasteiger partial charge in [-0.25, -0.2) is 0 Å². The highest BCUT2D eigenvalue weighted by atomic mass is 16.2. The summed E-state index contributed by atoms with van der Waals surface area (Å²) in [5.74, 6) is 0.807. The monoisotopic (exact) mass is 251 g/mol. The average Bonchev–Trinajstić information content (AvgIpc) is 2.35. The summed E-state index contributed by atoms with van der Waals surface area (Å²) in [6.07, 6.45) is 8.26. The Morgan fingerprint density at radius 3 is 2.44 bits per heavy atom. The van der Waals surface area contributed by atoms with Crippen LogP contribution in [0.2, 0.25) is 0 Å². The van der Waals surface area contributed by atoms with E-state index in [1.165, 1.54) is 19.3 Å². The van der Waals surface area contributed by atoms with Gasteiger partial charge >= 0.3 is 0 Å². The predicted octanol–water partition coefficient (Wildman–Crippen LogP) is 3.04. The van der Waals surface area contributed by atoms with Gasteiger partial charge in [-0.15, -0.1) is 0 Å². The van der Waals surface area contributed by atoms with Crippen molar-refractivity contribution in [3.63, 3.8) is 0 Å². The van der Waals surface area contributed by atoms with Crippen LogP contribution in [0.25, 0.3) is 0 Å². The van der Waals surface area contributed by atoms with Crippen LogP contribution in [0.4, 0.5) is 0 Å². The summed E-state index contributed by atoms with van der Waals surface area (Å²) >= 11 is 0. The van der Waals surface area contributed by atoms with Crippen molar-refractivity contribution in [2.45, 2.75) is 65.2 Å². The van der Waals surface area contributed by atoms with Gasteiger partial charge in [0, 0.05) is 12.3 Å². The molecule has 0 aromatic rings. The van der Waals surface area contributed by atoms with Crippen molar-refractivity contribution in [1.29, 1.82) is 0 Å². The van der Waals surface area contributed by atoms with Gasteiger partial charge < -0.3 is 0 Å². The van der Waals surface area contributed by atoms with Gasteiger partial charge in [-0.05, 0) is 43.4 Å². The SMILES string of the molecule is CCCC1C(=O)NC(=O)CC12CCC(CC)CC2. The molecule has 0 bridgehead atoms. The van der Waals surface area contributed by atoms with E-state index in [-0.39, 0.29) is 23.1 Å². The number of rotatable bonds is 3. The second kappa shape index (κ2) is 5.41. The lowest BCUT2D eigenvalue weighted by atomic mass is 9.59. The molecule has 1 aliphatic heterocycles. The van der Waals surface area contributed by atoms with Crippen LogP contribution < -0.4 is 5.32 Å². The summed E-state index contributed by atoms with van der Waals surface area (Å²) < 4.78 is 0. The van der Waals surface area contributed by atoms with Gasteiger partial charge in [0.25, 0.3) is 0 Å². The minimum atomic E-state index is -0.0534. The number of piperidine rings is 1. The smallest absolute Gasteiger partial charge is 0.230 e. The van der Waals surface area contributed by atoms with E-state index in [1.54, 1.807) is 0 Å². The van der Waals surface area contributed by atoms with Crippen LogP contribution >= 0.6 is 0 Å². The van der Waals surface area contributed by atoms with Gasteiger partial charge in [0.1, 0.15) is 0 Å². The molecule has 0 radical (unpaired) electrons. The molecular formula is C15H25NO2. The van der Waals surface area contributed by atoms with Crippen molar-refractivity contribution in [3.05, 3.63) is 0 Å². The lowest BCUT2D eigenvalue weighted by Gasteiger charge is -2.47. The Morgan fingerprint density at radius 2 is 1.89 bits per heavy atom. The number of hydrogen-bond donors (Lipinski definition) is 1. The number of imide groups is 1. The van der Waals surface area contributed by atoms with Crippen LogP contribution in [-0.2, 0) is 9.59 Å². The summed E-state index contributed by atoms with van der Waals surface area (Å²) in [5, 5.41) is 2.53. The van der Waals surface area contributed by atoms with Gasteiger partial charge in [0.2, 0.25) is 11.8 Å². The molecule has 1 saturated carbocycles. The fraction of sp³-hybridized carbons (Fsp3) is 0.867. The maximum Gasteiger partial charge on any atom is 0.230 e. The molecule has 3 heteroatoms. The Labute approximate surface area is 110 Å². The van der Waals surface area contributed by atoms with Crippen LogP contribution in [0.3, 0.4) is 0 Å². The second-order valence-corrected chi connectivity index (χ2v) is 6.14. The zero-order chi connectivity index (χ0) is 13.2. The average molecular weight is 251 g/mol. The van der Waals surface area contributed by atoms with E-state index in [0.717, 1.165) is 31.6 Å². The Bertz CT molecular complexity index is 329. The van der Waals surface area contributed by atoms with Crippen LogP contribution in [0, 0.1) is 17.3 Å². The fourth-order valence-electron chi connectivity index (χ4n) is 3.90. The molecule has 1 spiro atoms. The summed E-state index contributed by atoms with van der Waals surface area (Å²) in [4.78, 5) is 23.8. The zero-order valence-corrected chi connectivity index (χ0v) is 11.6. The van der Waals surface area contributed by atoms with Crippen molar-refractivity contribution >= 4 is 11.8 Å². The van der Waals surface area contributed by atoms with Crippen LogP contribution in [0.5, 0.6) is 0 Å². The van der Waals surface area contributed by atoms with Crippen molar-refractivity contribution in [1.82, 2.24) is 5.32 Å². The fourth-order valence-corrected chi connectivity index (χ4v) is 3.90. The molecule has 2 aliphatic rings. The highest BCUT2D eigenvalue weighted by molar-refractivity contribution is 5.99. The van der Waals surface area contributed by atoms with Gasteiger partial charge in [-0.3, -0.25) is 14.9 Å². The maximum absolute atomic E-state index is 12.1. The Kier molecular flexibility index (Phi) is 4.08. The molecule has 2 rings (SSSR count). The standard InChI is InChI=1S/C15H25NO2/c1-3-5-12-14(18)16-13(17)10-15(12)8-6-11(4-2)7-9-15/h11-12H,3-10H2,1-2H3,(H,16,17,18). The second-order valence-electron chi connectivity index (χ2n) is 6.14. The van der Waals surface area contributed by atoms with E-state index in [2.05, 4.69) is 19.2 Å². The van der Waals surface area contributed by atoms with Crippen molar-refractivity contribution in [2.24, 2.45) is 17.3 Å². The highest BCUT2D eigenvalue weighted by Gasteiger charge is 2.48. The largest absolute Gasteiger partial charge is 0.296 e. The molecule has 1 saturated heterocycles. The van der Waals surface area contributed by atoms with E-state index in [0.29, 0.717) is 6.42 Å². The first-order valence-electron chi connectivity index (χ1n) is 7.45. The van der Waals surface area contributed by atoms with Crippen LogP contribution in [0.15, 0.2) is 0 Å². The number of hydrogen-bond acceptors (Lipinski definition) is 2. The quantitative estimate of drug-likeness (QED) is 0.784. The molecular weight excluding hydrogens is 226 g/mol. The lowest BCUT2D eigenvalue weighted by Crippen LogP contribution is -2.53. The van der Waals surface area contributed by atoms with Gasteiger partial charge in [0.15, 0.2) is 0 Å². The van der Waals surface area contributed by atoms with Crippen molar-refractivity contribution in [3.8, 4) is 0 Å². The third-order valence-electron chi connectivity index (χ3n) is 5.09. The van der Waals surface area contributed by atoms with E-state index >= 15 is 0 Å². The maximum atomic E-state index is 12.1. The first-order valence-corrected chi connectivity index (χ1v) is 7.45. The molecule has 2 amide bonds. The van der Waals surface area contributed by atoms with Crippen LogP contribution in [0.1, 0.15) is 65.2 Å².